The normalized spacial score (nSPS) is 14.8. The molecule has 1 heterocycles. The van der Waals surface area contributed by atoms with Crippen molar-refractivity contribution in [1.82, 2.24) is 5.32 Å². The second-order valence-electron chi connectivity index (χ2n) is 7.60. The number of carbonyl (C=O) groups excluding carboxylic acids is 1. The number of esters is 1. The quantitative estimate of drug-likeness (QED) is 0.773. The lowest BCUT2D eigenvalue weighted by molar-refractivity contribution is -0.157. The van der Waals surface area contributed by atoms with Crippen molar-refractivity contribution in [3.05, 3.63) is 59.7 Å². The SMILES string of the molecule is CC(C)(C)OC(=O)[C@H](NCc1ccccc1)[C@H](C#N)c1ccc2c(c1)OCO2. The van der Waals surface area contributed by atoms with Gasteiger partial charge in [-0.1, -0.05) is 36.4 Å². The maximum atomic E-state index is 12.9. The van der Waals surface area contributed by atoms with E-state index >= 15 is 0 Å². The van der Waals surface area contributed by atoms with Crippen LogP contribution < -0.4 is 14.8 Å². The number of rotatable bonds is 6. The summed E-state index contributed by atoms with van der Waals surface area (Å²) in [5.41, 5.74) is 1.03. The van der Waals surface area contributed by atoms with E-state index in [9.17, 15) is 10.1 Å². The van der Waals surface area contributed by atoms with Crippen LogP contribution in [-0.2, 0) is 16.1 Å². The van der Waals surface area contributed by atoms with Crippen molar-refractivity contribution in [2.24, 2.45) is 0 Å². The molecule has 0 saturated carbocycles. The van der Waals surface area contributed by atoms with Gasteiger partial charge in [0.2, 0.25) is 6.79 Å². The van der Waals surface area contributed by atoms with Crippen LogP contribution in [0.5, 0.6) is 11.5 Å². The second-order valence-corrected chi connectivity index (χ2v) is 7.60. The summed E-state index contributed by atoms with van der Waals surface area (Å²) in [6, 6.07) is 16.4. The minimum atomic E-state index is -0.829. The first kappa shape index (κ1) is 19.7. The van der Waals surface area contributed by atoms with E-state index in [1.54, 1.807) is 39.0 Å². The van der Waals surface area contributed by atoms with E-state index in [0.717, 1.165) is 5.56 Å². The number of nitriles is 1. The van der Waals surface area contributed by atoms with Crippen LogP contribution in [0.4, 0.5) is 0 Å². The number of carbonyl (C=O) groups is 1. The Morgan fingerprint density at radius 2 is 1.89 bits per heavy atom. The molecule has 0 spiro atoms. The zero-order chi connectivity index (χ0) is 20.1. The highest BCUT2D eigenvalue weighted by Gasteiger charge is 2.34. The molecule has 0 aromatic heterocycles. The molecular weight excluding hydrogens is 356 g/mol. The summed E-state index contributed by atoms with van der Waals surface area (Å²) in [5.74, 6) is -0.00374. The molecule has 0 aliphatic carbocycles. The van der Waals surface area contributed by atoms with Gasteiger partial charge in [0, 0.05) is 6.54 Å². The summed E-state index contributed by atoms with van der Waals surface area (Å²) in [6.45, 7) is 6.01. The highest BCUT2D eigenvalue weighted by molar-refractivity contribution is 5.78. The Hall–Kier alpha value is -3.04. The van der Waals surface area contributed by atoms with E-state index in [1.165, 1.54) is 0 Å². The van der Waals surface area contributed by atoms with Gasteiger partial charge in [-0.05, 0) is 44.0 Å². The summed E-state index contributed by atoms with van der Waals surface area (Å²) >= 11 is 0. The molecule has 3 rings (SSSR count). The average Bonchev–Trinajstić information content (AvgIpc) is 3.12. The Balaban J connectivity index is 1.86. The van der Waals surface area contributed by atoms with Crippen LogP contribution >= 0.6 is 0 Å². The zero-order valence-corrected chi connectivity index (χ0v) is 16.3. The van der Waals surface area contributed by atoms with Gasteiger partial charge in [0.1, 0.15) is 11.6 Å². The number of hydrogen-bond donors (Lipinski definition) is 1. The molecule has 28 heavy (non-hydrogen) atoms. The first-order valence-corrected chi connectivity index (χ1v) is 9.17. The van der Waals surface area contributed by atoms with Crippen molar-refractivity contribution >= 4 is 5.97 Å². The lowest BCUT2D eigenvalue weighted by Gasteiger charge is -2.27. The molecule has 2 atom stereocenters. The summed E-state index contributed by atoms with van der Waals surface area (Å²) in [4.78, 5) is 12.9. The van der Waals surface area contributed by atoms with Gasteiger partial charge in [0.25, 0.3) is 0 Å². The van der Waals surface area contributed by atoms with E-state index in [1.807, 2.05) is 30.3 Å². The average molecular weight is 380 g/mol. The first-order valence-electron chi connectivity index (χ1n) is 9.17. The Morgan fingerprint density at radius 3 is 2.57 bits per heavy atom. The number of ether oxygens (including phenoxy) is 3. The highest BCUT2D eigenvalue weighted by atomic mass is 16.7. The zero-order valence-electron chi connectivity index (χ0n) is 16.3. The largest absolute Gasteiger partial charge is 0.459 e. The van der Waals surface area contributed by atoms with E-state index < -0.39 is 23.5 Å². The van der Waals surface area contributed by atoms with E-state index in [0.29, 0.717) is 23.6 Å². The molecule has 0 amide bonds. The van der Waals surface area contributed by atoms with Crippen molar-refractivity contribution in [2.75, 3.05) is 6.79 Å². The van der Waals surface area contributed by atoms with Gasteiger partial charge >= 0.3 is 5.97 Å². The molecule has 6 nitrogen and oxygen atoms in total. The molecule has 0 radical (unpaired) electrons. The van der Waals surface area contributed by atoms with Crippen molar-refractivity contribution < 1.29 is 19.0 Å². The van der Waals surface area contributed by atoms with Gasteiger partial charge in [-0.2, -0.15) is 5.26 Å². The van der Waals surface area contributed by atoms with Gasteiger partial charge in [-0.15, -0.1) is 0 Å². The van der Waals surface area contributed by atoms with Gasteiger partial charge in [-0.3, -0.25) is 10.1 Å². The summed E-state index contributed by atoms with van der Waals surface area (Å²) in [7, 11) is 0. The standard InChI is InChI=1S/C22H24N2O4/c1-22(2,3)28-21(25)20(24-13-15-7-5-4-6-8-15)17(12-23)16-9-10-18-19(11-16)27-14-26-18/h4-11,17,20,24H,13-14H2,1-3H3/t17-,20-/m1/s1. The molecule has 0 fully saturated rings. The third kappa shape index (κ3) is 4.81. The van der Waals surface area contributed by atoms with Gasteiger partial charge < -0.3 is 14.2 Å². The van der Waals surface area contributed by atoms with Crippen LogP contribution in [0.25, 0.3) is 0 Å². The molecule has 0 saturated heterocycles. The fraction of sp³-hybridized carbons (Fsp3) is 0.364. The third-order valence-corrected chi connectivity index (χ3v) is 4.26. The van der Waals surface area contributed by atoms with Gasteiger partial charge in [-0.25, -0.2) is 0 Å². The molecule has 0 unspecified atom stereocenters. The van der Waals surface area contributed by atoms with Crippen molar-refractivity contribution in [3.8, 4) is 17.6 Å². The second kappa shape index (κ2) is 8.32. The molecule has 0 bridgehead atoms. The molecule has 2 aromatic rings. The monoisotopic (exact) mass is 380 g/mol. The van der Waals surface area contributed by atoms with Crippen LogP contribution in [0, 0.1) is 11.3 Å². The smallest absolute Gasteiger partial charge is 0.325 e. The van der Waals surface area contributed by atoms with Crippen molar-refractivity contribution in [2.45, 2.75) is 44.9 Å². The van der Waals surface area contributed by atoms with Crippen molar-refractivity contribution in [1.29, 1.82) is 5.26 Å². The van der Waals surface area contributed by atoms with Gasteiger partial charge in [0.05, 0.1) is 12.0 Å². The molecule has 6 heteroatoms. The lowest BCUT2D eigenvalue weighted by Crippen LogP contribution is -2.44. The Morgan fingerprint density at radius 1 is 1.18 bits per heavy atom. The number of benzene rings is 2. The van der Waals surface area contributed by atoms with Crippen LogP contribution in [0.2, 0.25) is 0 Å². The Bertz CT molecular complexity index is 868. The minimum absolute atomic E-state index is 0.151. The number of fused-ring (bicyclic) bond motifs is 1. The van der Waals surface area contributed by atoms with Crippen LogP contribution in [0.3, 0.4) is 0 Å². The fourth-order valence-corrected chi connectivity index (χ4v) is 2.97. The summed E-state index contributed by atoms with van der Waals surface area (Å²) in [6.07, 6.45) is 0. The number of hydrogen-bond acceptors (Lipinski definition) is 6. The summed E-state index contributed by atoms with van der Waals surface area (Å²) < 4.78 is 16.3. The highest BCUT2D eigenvalue weighted by Crippen LogP contribution is 2.35. The third-order valence-electron chi connectivity index (χ3n) is 4.26. The maximum Gasteiger partial charge on any atom is 0.325 e. The first-order chi connectivity index (χ1) is 13.4. The van der Waals surface area contributed by atoms with Crippen LogP contribution in [0.1, 0.15) is 37.8 Å². The topological polar surface area (TPSA) is 80.6 Å². The van der Waals surface area contributed by atoms with E-state index in [2.05, 4.69) is 11.4 Å². The number of nitrogens with zero attached hydrogens (tertiary/aromatic N) is 1. The summed E-state index contributed by atoms with van der Waals surface area (Å²) in [5, 5.41) is 13.1. The molecule has 146 valence electrons. The Labute approximate surface area is 165 Å². The lowest BCUT2D eigenvalue weighted by atomic mass is 9.92. The predicted octanol–water partition coefficient (Wildman–Crippen LogP) is 3.52. The van der Waals surface area contributed by atoms with Crippen molar-refractivity contribution in [3.63, 3.8) is 0 Å². The molecule has 1 aliphatic rings. The molecular formula is C22H24N2O4. The van der Waals surface area contributed by atoms with Gasteiger partial charge in [0.15, 0.2) is 11.5 Å². The fourth-order valence-electron chi connectivity index (χ4n) is 2.97. The predicted molar refractivity (Wildman–Crippen MR) is 104 cm³/mol. The van der Waals surface area contributed by atoms with Crippen LogP contribution in [0.15, 0.2) is 48.5 Å². The molecule has 1 aliphatic heterocycles. The molecule has 2 aromatic carbocycles. The Kier molecular flexibility index (Phi) is 5.86. The van der Waals surface area contributed by atoms with E-state index in [4.69, 9.17) is 14.2 Å². The minimum Gasteiger partial charge on any atom is -0.459 e. The maximum absolute atomic E-state index is 12.9. The molecule has 1 N–H and O–H groups in total. The van der Waals surface area contributed by atoms with Crippen LogP contribution in [-0.4, -0.2) is 24.4 Å². The number of nitrogens with one attached hydrogen (secondary N) is 1. The van der Waals surface area contributed by atoms with E-state index in [-0.39, 0.29) is 6.79 Å².